The summed E-state index contributed by atoms with van der Waals surface area (Å²) in [6.07, 6.45) is 3.93. The van der Waals surface area contributed by atoms with Crippen LogP contribution in [-0.2, 0) is 16.4 Å². The Morgan fingerprint density at radius 1 is 0.963 bits per heavy atom. The van der Waals surface area contributed by atoms with Crippen LogP contribution in [0.1, 0.15) is 32.3 Å². The third-order valence-electron chi connectivity index (χ3n) is 5.62. The summed E-state index contributed by atoms with van der Waals surface area (Å²) in [7, 11) is -3.56. The van der Waals surface area contributed by atoms with Gasteiger partial charge in [0.05, 0.1) is 15.3 Å². The molecule has 0 N–H and O–H groups in total. The lowest BCUT2D eigenvalue weighted by Crippen LogP contribution is -2.32. The number of benzene rings is 2. The van der Waals surface area contributed by atoms with Crippen LogP contribution >= 0.6 is 0 Å². The van der Waals surface area contributed by atoms with E-state index in [1.165, 1.54) is 19.0 Å². The van der Waals surface area contributed by atoms with E-state index in [9.17, 15) is 8.42 Å². The summed E-state index contributed by atoms with van der Waals surface area (Å²) in [5.41, 5.74) is 2.03. The van der Waals surface area contributed by atoms with E-state index in [1.54, 1.807) is 30.3 Å². The smallest absolute Gasteiger partial charge is 0.208 e. The molecule has 4 nitrogen and oxygen atoms in total. The molecule has 27 heavy (non-hydrogen) atoms. The van der Waals surface area contributed by atoms with Crippen LogP contribution in [0.5, 0.6) is 0 Å². The number of nitrogens with zero attached hydrogens (tertiary/aromatic N) is 2. The van der Waals surface area contributed by atoms with E-state index in [2.05, 4.69) is 29.8 Å². The molecule has 0 amide bonds. The highest BCUT2D eigenvalue weighted by molar-refractivity contribution is 7.91. The summed E-state index contributed by atoms with van der Waals surface area (Å²) in [6.45, 7) is 5.39. The predicted molar refractivity (Wildman–Crippen MR) is 107 cm³/mol. The van der Waals surface area contributed by atoms with Gasteiger partial charge in [-0.25, -0.2) is 8.42 Å². The zero-order valence-corrected chi connectivity index (χ0v) is 16.5. The SMILES string of the molecule is CC1CCC(C)N1Cc1cccc2cc(S(=O)(=O)c3ccccc3)cnc12. The van der Waals surface area contributed by atoms with Gasteiger partial charge in [-0.15, -0.1) is 0 Å². The van der Waals surface area contributed by atoms with E-state index >= 15 is 0 Å². The molecule has 3 aromatic rings. The minimum absolute atomic E-state index is 0.237. The van der Waals surface area contributed by atoms with Gasteiger partial charge in [0.2, 0.25) is 9.84 Å². The van der Waals surface area contributed by atoms with E-state index in [1.807, 2.05) is 18.2 Å². The average Bonchev–Trinajstić information content (AvgIpc) is 3.00. The van der Waals surface area contributed by atoms with Crippen LogP contribution in [0.3, 0.4) is 0 Å². The molecule has 0 radical (unpaired) electrons. The number of pyridine rings is 1. The van der Waals surface area contributed by atoms with Crippen molar-refractivity contribution in [1.29, 1.82) is 0 Å². The Bertz CT molecular complexity index is 1050. The molecule has 0 spiro atoms. The lowest BCUT2D eigenvalue weighted by molar-refractivity contribution is 0.206. The lowest BCUT2D eigenvalue weighted by Gasteiger charge is -2.26. The Morgan fingerprint density at radius 2 is 1.67 bits per heavy atom. The van der Waals surface area contributed by atoms with Crippen LogP contribution in [-0.4, -0.2) is 30.4 Å². The van der Waals surface area contributed by atoms with E-state index in [0.717, 1.165) is 23.0 Å². The molecule has 5 heteroatoms. The Hall–Kier alpha value is -2.24. The van der Waals surface area contributed by atoms with Crippen molar-refractivity contribution in [2.24, 2.45) is 0 Å². The molecule has 140 valence electrons. The number of hydrogen-bond acceptors (Lipinski definition) is 4. The molecule has 1 aliphatic heterocycles. The van der Waals surface area contributed by atoms with Gasteiger partial charge < -0.3 is 0 Å². The van der Waals surface area contributed by atoms with E-state index < -0.39 is 9.84 Å². The average molecular weight is 381 g/mol. The first kappa shape index (κ1) is 18.1. The molecule has 0 bridgehead atoms. The third kappa shape index (κ3) is 3.37. The Morgan fingerprint density at radius 3 is 2.37 bits per heavy atom. The summed E-state index contributed by atoms with van der Waals surface area (Å²) in [6, 6.07) is 17.4. The molecule has 0 saturated carbocycles. The molecular formula is C22H24N2O2S. The summed E-state index contributed by atoms with van der Waals surface area (Å²) in [5, 5.41) is 0.865. The first-order valence-corrected chi connectivity index (χ1v) is 10.9. The van der Waals surface area contributed by atoms with E-state index in [-0.39, 0.29) is 4.90 Å². The highest BCUT2D eigenvalue weighted by Crippen LogP contribution is 2.29. The Labute approximate surface area is 160 Å². The molecule has 4 rings (SSSR count). The fraction of sp³-hybridized carbons (Fsp3) is 0.318. The standard InChI is InChI=1S/C22H24N2O2S/c1-16-11-12-17(2)24(16)15-19-8-6-7-18-13-21(14-23-22(18)19)27(25,26)20-9-4-3-5-10-20/h3-10,13-14,16-17H,11-12,15H2,1-2H3. The van der Waals surface area contributed by atoms with E-state index in [4.69, 9.17) is 0 Å². The van der Waals surface area contributed by atoms with Crippen LogP contribution in [0.25, 0.3) is 10.9 Å². The van der Waals surface area contributed by atoms with Crippen LogP contribution in [0.15, 0.2) is 70.6 Å². The highest BCUT2D eigenvalue weighted by atomic mass is 32.2. The summed E-state index contributed by atoms with van der Waals surface area (Å²) >= 11 is 0. The topological polar surface area (TPSA) is 50.3 Å². The van der Waals surface area contributed by atoms with Crippen molar-refractivity contribution in [2.45, 2.75) is 55.1 Å². The fourth-order valence-electron chi connectivity index (χ4n) is 3.97. The van der Waals surface area contributed by atoms with Gasteiger partial charge >= 0.3 is 0 Å². The predicted octanol–water partition coefficient (Wildman–Crippen LogP) is 4.44. The van der Waals surface area contributed by atoms with Gasteiger partial charge in [-0.3, -0.25) is 9.88 Å². The van der Waals surface area contributed by atoms with Gasteiger partial charge in [-0.1, -0.05) is 36.4 Å². The van der Waals surface area contributed by atoms with Crippen molar-refractivity contribution < 1.29 is 8.42 Å². The molecule has 2 heterocycles. The van der Waals surface area contributed by atoms with Crippen molar-refractivity contribution in [2.75, 3.05) is 0 Å². The summed E-state index contributed by atoms with van der Waals surface area (Å²) in [5.74, 6) is 0. The number of sulfone groups is 1. The minimum atomic E-state index is -3.56. The van der Waals surface area contributed by atoms with Crippen LogP contribution in [0.2, 0.25) is 0 Å². The number of likely N-dealkylation sites (tertiary alicyclic amines) is 1. The van der Waals surface area contributed by atoms with Crippen molar-refractivity contribution in [3.63, 3.8) is 0 Å². The Kier molecular flexibility index (Phi) is 4.74. The zero-order valence-electron chi connectivity index (χ0n) is 15.7. The van der Waals surface area contributed by atoms with E-state index in [0.29, 0.717) is 17.0 Å². The molecule has 2 atom stereocenters. The largest absolute Gasteiger partial charge is 0.294 e. The second kappa shape index (κ2) is 7.06. The van der Waals surface area contributed by atoms with Crippen molar-refractivity contribution in [3.8, 4) is 0 Å². The monoisotopic (exact) mass is 380 g/mol. The first-order valence-electron chi connectivity index (χ1n) is 9.40. The van der Waals surface area contributed by atoms with Gasteiger partial charge in [0.25, 0.3) is 0 Å². The molecule has 0 aliphatic carbocycles. The van der Waals surface area contributed by atoms with Crippen molar-refractivity contribution in [3.05, 3.63) is 66.4 Å². The molecule has 1 fully saturated rings. The van der Waals surface area contributed by atoms with Gasteiger partial charge in [-0.2, -0.15) is 0 Å². The maximum atomic E-state index is 12.9. The normalized spacial score (nSPS) is 21.0. The molecule has 2 aromatic carbocycles. The van der Waals surface area contributed by atoms with Gasteiger partial charge in [0, 0.05) is 30.2 Å². The number of fused-ring (bicyclic) bond motifs is 1. The Balaban J connectivity index is 1.72. The summed E-state index contributed by atoms with van der Waals surface area (Å²) in [4.78, 5) is 7.60. The molecular weight excluding hydrogens is 356 g/mol. The summed E-state index contributed by atoms with van der Waals surface area (Å²) < 4.78 is 25.8. The fourth-order valence-corrected chi connectivity index (χ4v) is 5.23. The number of hydrogen-bond donors (Lipinski definition) is 0. The van der Waals surface area contributed by atoms with Gasteiger partial charge in [-0.05, 0) is 50.5 Å². The third-order valence-corrected chi connectivity index (χ3v) is 7.36. The van der Waals surface area contributed by atoms with Gasteiger partial charge in [0.1, 0.15) is 0 Å². The van der Waals surface area contributed by atoms with Crippen LogP contribution < -0.4 is 0 Å². The zero-order chi connectivity index (χ0) is 19.0. The second-order valence-electron chi connectivity index (χ2n) is 7.42. The van der Waals surface area contributed by atoms with Gasteiger partial charge in [0.15, 0.2) is 0 Å². The first-order chi connectivity index (χ1) is 13.0. The number of rotatable bonds is 4. The number of para-hydroxylation sites is 1. The molecule has 1 saturated heterocycles. The maximum absolute atomic E-state index is 12.9. The maximum Gasteiger partial charge on any atom is 0.208 e. The molecule has 1 aromatic heterocycles. The lowest BCUT2D eigenvalue weighted by atomic mass is 10.1. The number of aromatic nitrogens is 1. The highest BCUT2D eigenvalue weighted by Gasteiger charge is 2.27. The molecule has 2 unspecified atom stereocenters. The van der Waals surface area contributed by atoms with Crippen molar-refractivity contribution >= 4 is 20.7 Å². The minimum Gasteiger partial charge on any atom is -0.294 e. The second-order valence-corrected chi connectivity index (χ2v) is 9.37. The van der Waals surface area contributed by atoms with Crippen LogP contribution in [0.4, 0.5) is 0 Å². The molecule has 1 aliphatic rings. The quantitative estimate of drug-likeness (QED) is 0.671. The van der Waals surface area contributed by atoms with Crippen molar-refractivity contribution in [1.82, 2.24) is 9.88 Å². The van der Waals surface area contributed by atoms with Crippen LogP contribution in [0, 0.1) is 0 Å².